The van der Waals surface area contributed by atoms with E-state index in [1.165, 1.54) is 4.68 Å². The van der Waals surface area contributed by atoms with Crippen LogP contribution < -0.4 is 11.1 Å². The number of aromatic nitrogens is 3. The first-order valence-corrected chi connectivity index (χ1v) is 5.99. The molecular formula is C11H12BrN5O. The molecule has 18 heavy (non-hydrogen) atoms. The lowest BCUT2D eigenvalue weighted by atomic mass is 10.3. The summed E-state index contributed by atoms with van der Waals surface area (Å²) in [6, 6.07) is 1.87. The summed E-state index contributed by atoms with van der Waals surface area (Å²) in [5.41, 5.74) is 7.07. The van der Waals surface area contributed by atoms with Gasteiger partial charge in [0.15, 0.2) is 5.69 Å². The van der Waals surface area contributed by atoms with Gasteiger partial charge in [-0.15, -0.1) is 0 Å². The highest BCUT2D eigenvalue weighted by molar-refractivity contribution is 9.10. The van der Waals surface area contributed by atoms with Crippen LogP contribution in [0.15, 0.2) is 22.9 Å². The van der Waals surface area contributed by atoms with Crippen LogP contribution in [0.5, 0.6) is 0 Å². The number of rotatable bonds is 2. The van der Waals surface area contributed by atoms with Gasteiger partial charge < -0.3 is 11.1 Å². The number of amides is 1. The summed E-state index contributed by atoms with van der Waals surface area (Å²) < 4.78 is 2.35. The Kier molecular flexibility index (Phi) is 3.33. The summed E-state index contributed by atoms with van der Waals surface area (Å²) in [6.07, 6.45) is 3.20. The molecule has 2 rings (SSSR count). The summed E-state index contributed by atoms with van der Waals surface area (Å²) in [7, 11) is 1.70. The number of pyridine rings is 1. The number of halogens is 1. The summed E-state index contributed by atoms with van der Waals surface area (Å²) >= 11 is 3.31. The van der Waals surface area contributed by atoms with Crippen molar-refractivity contribution in [2.24, 2.45) is 7.05 Å². The monoisotopic (exact) mass is 309 g/mol. The Morgan fingerprint density at radius 1 is 1.56 bits per heavy atom. The molecule has 0 fully saturated rings. The molecule has 1 amide bonds. The van der Waals surface area contributed by atoms with Crippen LogP contribution in [-0.2, 0) is 7.05 Å². The summed E-state index contributed by atoms with van der Waals surface area (Å²) in [4.78, 5) is 16.1. The van der Waals surface area contributed by atoms with E-state index in [2.05, 4.69) is 31.3 Å². The van der Waals surface area contributed by atoms with Crippen molar-refractivity contribution in [1.82, 2.24) is 14.8 Å². The Morgan fingerprint density at radius 2 is 2.28 bits per heavy atom. The molecule has 2 aromatic rings. The molecule has 0 aliphatic carbocycles. The number of hydrogen-bond donors (Lipinski definition) is 2. The van der Waals surface area contributed by atoms with Crippen molar-refractivity contribution in [3.63, 3.8) is 0 Å². The Bertz CT molecular complexity index is 607. The Morgan fingerprint density at radius 3 is 2.83 bits per heavy atom. The molecule has 7 heteroatoms. The molecule has 3 N–H and O–H groups in total. The predicted octanol–water partition coefficient (Wildman–Crippen LogP) is 1.72. The number of anilines is 2. The van der Waals surface area contributed by atoms with Gasteiger partial charge in [0.2, 0.25) is 0 Å². The van der Waals surface area contributed by atoms with Crippen LogP contribution in [0.1, 0.15) is 16.1 Å². The molecule has 0 unspecified atom stereocenters. The van der Waals surface area contributed by atoms with Crippen LogP contribution in [0, 0.1) is 6.92 Å². The summed E-state index contributed by atoms with van der Waals surface area (Å²) in [5.74, 6) is 0.124. The number of nitrogen functional groups attached to an aromatic ring is 1. The van der Waals surface area contributed by atoms with Crippen LogP contribution in [0.2, 0.25) is 0 Å². The smallest absolute Gasteiger partial charge is 0.279 e. The lowest BCUT2D eigenvalue weighted by Gasteiger charge is -2.06. The minimum absolute atomic E-state index is 0.196. The highest BCUT2D eigenvalue weighted by Crippen LogP contribution is 2.18. The Hall–Kier alpha value is -1.89. The van der Waals surface area contributed by atoms with Gasteiger partial charge in [0, 0.05) is 23.9 Å². The average molecular weight is 310 g/mol. The number of aryl methyl sites for hydroxylation is 2. The van der Waals surface area contributed by atoms with Gasteiger partial charge in [-0.05, 0) is 34.5 Å². The molecule has 0 atom stereocenters. The number of nitrogens with two attached hydrogens (primary N) is 1. The zero-order valence-corrected chi connectivity index (χ0v) is 11.5. The number of hydrogen-bond acceptors (Lipinski definition) is 4. The van der Waals surface area contributed by atoms with Crippen LogP contribution in [0.3, 0.4) is 0 Å². The van der Waals surface area contributed by atoms with Crippen molar-refractivity contribution < 1.29 is 4.79 Å². The SMILES string of the molecule is Cc1cc(Br)cnc1NC(=O)c1nn(C)cc1N. The highest BCUT2D eigenvalue weighted by atomic mass is 79.9. The fourth-order valence-corrected chi connectivity index (χ4v) is 1.97. The second-order valence-corrected chi connectivity index (χ2v) is 4.80. The molecule has 0 aliphatic heterocycles. The molecular weight excluding hydrogens is 298 g/mol. The molecule has 0 saturated heterocycles. The maximum atomic E-state index is 12.0. The third-order valence-electron chi connectivity index (χ3n) is 2.35. The Balaban J connectivity index is 2.24. The molecule has 0 radical (unpaired) electrons. The standard InChI is InChI=1S/C11H12BrN5O/c1-6-3-7(12)4-14-10(6)15-11(18)9-8(13)5-17(2)16-9/h3-5H,13H2,1-2H3,(H,14,15,18). The maximum absolute atomic E-state index is 12.0. The van der Waals surface area contributed by atoms with Gasteiger partial charge in [0.25, 0.3) is 5.91 Å². The molecule has 0 spiro atoms. The molecule has 94 valence electrons. The summed E-state index contributed by atoms with van der Waals surface area (Å²) in [6.45, 7) is 1.86. The molecule has 0 bridgehead atoms. The molecule has 2 aromatic heterocycles. The zero-order chi connectivity index (χ0) is 13.3. The van der Waals surface area contributed by atoms with E-state index < -0.39 is 0 Å². The lowest BCUT2D eigenvalue weighted by Crippen LogP contribution is -2.16. The van der Waals surface area contributed by atoms with Crippen LogP contribution >= 0.6 is 15.9 Å². The van der Waals surface area contributed by atoms with E-state index in [1.54, 1.807) is 19.4 Å². The van der Waals surface area contributed by atoms with E-state index in [9.17, 15) is 4.79 Å². The van der Waals surface area contributed by atoms with Gasteiger partial charge in [-0.25, -0.2) is 4.98 Å². The topological polar surface area (TPSA) is 85.8 Å². The van der Waals surface area contributed by atoms with Crippen molar-refractivity contribution in [3.05, 3.63) is 34.2 Å². The normalized spacial score (nSPS) is 10.4. The minimum Gasteiger partial charge on any atom is -0.396 e. The number of nitrogens with one attached hydrogen (secondary N) is 1. The first-order chi connectivity index (χ1) is 8.47. The average Bonchev–Trinajstić information content (AvgIpc) is 2.62. The third kappa shape index (κ3) is 2.51. The highest BCUT2D eigenvalue weighted by Gasteiger charge is 2.15. The Labute approximate surface area is 112 Å². The van der Waals surface area contributed by atoms with E-state index in [-0.39, 0.29) is 11.6 Å². The number of carbonyl (C=O) groups is 1. The van der Waals surface area contributed by atoms with Gasteiger partial charge in [-0.2, -0.15) is 5.10 Å². The van der Waals surface area contributed by atoms with E-state index in [0.29, 0.717) is 11.5 Å². The van der Waals surface area contributed by atoms with Crippen molar-refractivity contribution in [3.8, 4) is 0 Å². The molecule has 0 aliphatic rings. The van der Waals surface area contributed by atoms with Crippen LogP contribution in [0.4, 0.5) is 11.5 Å². The van der Waals surface area contributed by atoms with Gasteiger partial charge in [-0.1, -0.05) is 0 Å². The molecule has 6 nitrogen and oxygen atoms in total. The van der Waals surface area contributed by atoms with Crippen molar-refractivity contribution in [2.45, 2.75) is 6.92 Å². The fraction of sp³-hybridized carbons (Fsp3) is 0.182. The van der Waals surface area contributed by atoms with Gasteiger partial charge >= 0.3 is 0 Å². The predicted molar refractivity (Wildman–Crippen MR) is 72.2 cm³/mol. The first kappa shape index (κ1) is 12.6. The second kappa shape index (κ2) is 4.77. The molecule has 0 aromatic carbocycles. The van der Waals surface area contributed by atoms with Gasteiger partial charge in [0.05, 0.1) is 5.69 Å². The lowest BCUT2D eigenvalue weighted by molar-refractivity contribution is 0.102. The van der Waals surface area contributed by atoms with Crippen molar-refractivity contribution in [2.75, 3.05) is 11.1 Å². The minimum atomic E-state index is -0.369. The van der Waals surface area contributed by atoms with Gasteiger partial charge in [0.1, 0.15) is 5.82 Å². The van der Waals surface area contributed by atoms with Crippen LogP contribution in [0.25, 0.3) is 0 Å². The van der Waals surface area contributed by atoms with Crippen molar-refractivity contribution in [1.29, 1.82) is 0 Å². The first-order valence-electron chi connectivity index (χ1n) is 5.20. The van der Waals surface area contributed by atoms with Crippen molar-refractivity contribution >= 4 is 33.3 Å². The molecule has 2 heterocycles. The van der Waals surface area contributed by atoms with Crippen LogP contribution in [-0.4, -0.2) is 20.7 Å². The van der Waals surface area contributed by atoms with E-state index in [0.717, 1.165) is 10.0 Å². The van der Waals surface area contributed by atoms with E-state index in [4.69, 9.17) is 5.73 Å². The van der Waals surface area contributed by atoms with E-state index in [1.807, 2.05) is 13.0 Å². The van der Waals surface area contributed by atoms with E-state index >= 15 is 0 Å². The fourth-order valence-electron chi connectivity index (χ4n) is 1.52. The largest absolute Gasteiger partial charge is 0.396 e. The number of nitrogens with zero attached hydrogens (tertiary/aromatic N) is 3. The maximum Gasteiger partial charge on any atom is 0.279 e. The number of carbonyl (C=O) groups excluding carboxylic acids is 1. The zero-order valence-electron chi connectivity index (χ0n) is 9.94. The molecule has 0 saturated carbocycles. The second-order valence-electron chi connectivity index (χ2n) is 3.88. The van der Waals surface area contributed by atoms with Gasteiger partial charge in [-0.3, -0.25) is 9.48 Å². The third-order valence-corrected chi connectivity index (χ3v) is 2.78. The quantitative estimate of drug-likeness (QED) is 0.884. The summed E-state index contributed by atoms with van der Waals surface area (Å²) in [5, 5.41) is 6.68.